The Balaban J connectivity index is 2.74. The fraction of sp³-hybridized carbons (Fsp3) is 0.400. The van der Waals surface area contributed by atoms with Gasteiger partial charge in [0.2, 0.25) is 0 Å². The maximum atomic E-state index is 11.8. The average molecular weight is 241 g/mol. The summed E-state index contributed by atoms with van der Waals surface area (Å²) in [6, 6.07) is -0.434. The first-order chi connectivity index (χ1) is 7.60. The predicted octanol–water partition coefficient (Wildman–Crippen LogP) is 1.31. The van der Waals surface area contributed by atoms with Crippen LogP contribution in [0.3, 0.4) is 0 Å². The molecule has 1 atom stereocenters. The smallest absolute Gasteiger partial charge is 0.252 e. The van der Waals surface area contributed by atoms with Crippen molar-refractivity contribution >= 4 is 23.1 Å². The number of amidine groups is 1. The second-order valence-corrected chi connectivity index (χ2v) is 4.17. The van der Waals surface area contributed by atoms with Gasteiger partial charge in [-0.25, -0.2) is 0 Å². The number of aryl methyl sites for hydroxylation is 1. The molecule has 0 fully saturated rings. The van der Waals surface area contributed by atoms with Gasteiger partial charge in [0.15, 0.2) is 5.84 Å². The zero-order valence-electron chi connectivity index (χ0n) is 9.23. The van der Waals surface area contributed by atoms with Crippen LogP contribution in [0.1, 0.15) is 29.3 Å². The monoisotopic (exact) mass is 241 g/mol. The summed E-state index contributed by atoms with van der Waals surface area (Å²) in [7, 11) is 0. The summed E-state index contributed by atoms with van der Waals surface area (Å²) in [6.45, 7) is 3.72. The zero-order chi connectivity index (χ0) is 12.1. The molecule has 1 rings (SSSR count). The van der Waals surface area contributed by atoms with E-state index in [0.717, 1.165) is 5.56 Å². The number of oxime groups is 1. The lowest BCUT2D eigenvalue weighted by molar-refractivity contribution is 0.0945. The van der Waals surface area contributed by atoms with E-state index in [9.17, 15) is 4.79 Å². The standard InChI is InChI=1S/C10H15N3O2S/c1-3-8(9(11)13-15)12-10(14)7-5-16-4-6(7)2/h4-5,8,15H,3H2,1-2H3,(H2,11,13)(H,12,14). The minimum atomic E-state index is -0.434. The maximum Gasteiger partial charge on any atom is 0.252 e. The summed E-state index contributed by atoms with van der Waals surface area (Å²) in [5.41, 5.74) is 7.02. The van der Waals surface area contributed by atoms with E-state index in [-0.39, 0.29) is 11.7 Å². The van der Waals surface area contributed by atoms with Crippen molar-refractivity contribution in [1.29, 1.82) is 0 Å². The van der Waals surface area contributed by atoms with Crippen molar-refractivity contribution in [2.45, 2.75) is 26.3 Å². The number of nitrogens with two attached hydrogens (primary N) is 1. The molecule has 4 N–H and O–H groups in total. The van der Waals surface area contributed by atoms with Gasteiger partial charge in [0, 0.05) is 5.38 Å². The highest BCUT2D eigenvalue weighted by atomic mass is 32.1. The van der Waals surface area contributed by atoms with Crippen LogP contribution < -0.4 is 11.1 Å². The Morgan fingerprint density at radius 3 is 2.81 bits per heavy atom. The predicted molar refractivity (Wildman–Crippen MR) is 64.0 cm³/mol. The van der Waals surface area contributed by atoms with Crippen molar-refractivity contribution in [3.63, 3.8) is 0 Å². The topological polar surface area (TPSA) is 87.7 Å². The summed E-state index contributed by atoms with van der Waals surface area (Å²) >= 11 is 1.47. The Labute approximate surface area is 98.0 Å². The van der Waals surface area contributed by atoms with Gasteiger partial charge in [0.25, 0.3) is 5.91 Å². The summed E-state index contributed by atoms with van der Waals surface area (Å²) in [6.07, 6.45) is 0.574. The van der Waals surface area contributed by atoms with Crippen molar-refractivity contribution in [2.24, 2.45) is 10.9 Å². The van der Waals surface area contributed by atoms with Gasteiger partial charge in [0.1, 0.15) is 0 Å². The number of thiophene rings is 1. The number of amides is 1. The van der Waals surface area contributed by atoms with Crippen molar-refractivity contribution in [2.75, 3.05) is 0 Å². The molecule has 16 heavy (non-hydrogen) atoms. The molecule has 0 saturated heterocycles. The number of nitrogens with zero attached hydrogens (tertiary/aromatic N) is 1. The SMILES string of the molecule is CCC(NC(=O)c1cscc1C)C(N)=NO. The first-order valence-electron chi connectivity index (χ1n) is 4.91. The number of nitrogens with one attached hydrogen (secondary N) is 1. The number of hydrogen-bond donors (Lipinski definition) is 3. The lowest BCUT2D eigenvalue weighted by atomic mass is 10.1. The Morgan fingerprint density at radius 1 is 1.69 bits per heavy atom. The van der Waals surface area contributed by atoms with Crippen LogP contribution in [0.4, 0.5) is 0 Å². The Morgan fingerprint density at radius 2 is 2.38 bits per heavy atom. The molecule has 0 aliphatic heterocycles. The van der Waals surface area contributed by atoms with Gasteiger partial charge in [-0.15, -0.1) is 0 Å². The van der Waals surface area contributed by atoms with Crippen LogP contribution in [0.5, 0.6) is 0 Å². The van der Waals surface area contributed by atoms with E-state index in [1.165, 1.54) is 11.3 Å². The summed E-state index contributed by atoms with van der Waals surface area (Å²) < 4.78 is 0. The second-order valence-electron chi connectivity index (χ2n) is 3.43. The van der Waals surface area contributed by atoms with E-state index < -0.39 is 6.04 Å². The molecule has 1 heterocycles. The lowest BCUT2D eigenvalue weighted by Gasteiger charge is -2.15. The molecule has 1 amide bonds. The number of carbonyl (C=O) groups is 1. The Kier molecular flexibility index (Phi) is 4.30. The molecule has 0 bridgehead atoms. The van der Waals surface area contributed by atoms with E-state index in [1.807, 2.05) is 19.2 Å². The van der Waals surface area contributed by atoms with Gasteiger partial charge in [-0.05, 0) is 24.3 Å². The van der Waals surface area contributed by atoms with E-state index in [2.05, 4.69) is 10.5 Å². The minimum absolute atomic E-state index is 0.0173. The van der Waals surface area contributed by atoms with Crippen LogP contribution in [0.15, 0.2) is 15.9 Å². The van der Waals surface area contributed by atoms with Crippen LogP contribution in [-0.4, -0.2) is 23.0 Å². The first-order valence-corrected chi connectivity index (χ1v) is 5.85. The molecule has 0 aliphatic rings. The first kappa shape index (κ1) is 12.5. The van der Waals surface area contributed by atoms with E-state index >= 15 is 0 Å². The summed E-state index contributed by atoms with van der Waals surface area (Å²) in [5.74, 6) is -0.180. The van der Waals surface area contributed by atoms with E-state index in [4.69, 9.17) is 10.9 Å². The fourth-order valence-corrected chi connectivity index (χ4v) is 2.11. The molecule has 0 saturated carbocycles. The molecule has 1 unspecified atom stereocenters. The molecule has 1 aromatic rings. The zero-order valence-corrected chi connectivity index (χ0v) is 10.0. The maximum absolute atomic E-state index is 11.8. The number of hydrogen-bond acceptors (Lipinski definition) is 4. The summed E-state index contributed by atoms with van der Waals surface area (Å²) in [4.78, 5) is 11.8. The van der Waals surface area contributed by atoms with Gasteiger partial charge in [0.05, 0.1) is 11.6 Å². The third-order valence-corrected chi connectivity index (χ3v) is 3.15. The van der Waals surface area contributed by atoms with E-state index in [1.54, 1.807) is 5.38 Å². The molecule has 0 aromatic carbocycles. The Hall–Kier alpha value is -1.56. The highest BCUT2D eigenvalue weighted by Gasteiger charge is 2.17. The summed E-state index contributed by atoms with van der Waals surface area (Å²) in [5, 5.41) is 17.8. The van der Waals surface area contributed by atoms with Crippen LogP contribution in [-0.2, 0) is 0 Å². The third kappa shape index (κ3) is 2.73. The van der Waals surface area contributed by atoms with Gasteiger partial charge >= 0.3 is 0 Å². The normalized spacial score (nSPS) is 13.5. The fourth-order valence-electron chi connectivity index (χ4n) is 1.28. The second kappa shape index (κ2) is 5.50. The quantitative estimate of drug-likeness (QED) is 0.321. The van der Waals surface area contributed by atoms with Crippen LogP contribution >= 0.6 is 11.3 Å². The van der Waals surface area contributed by atoms with Crippen LogP contribution in [0.25, 0.3) is 0 Å². The van der Waals surface area contributed by atoms with Gasteiger partial charge in [-0.1, -0.05) is 12.1 Å². The minimum Gasteiger partial charge on any atom is -0.409 e. The number of carbonyl (C=O) groups excluding carboxylic acids is 1. The van der Waals surface area contributed by atoms with Gasteiger partial charge in [-0.3, -0.25) is 4.79 Å². The van der Waals surface area contributed by atoms with Crippen molar-refractivity contribution in [1.82, 2.24) is 5.32 Å². The van der Waals surface area contributed by atoms with E-state index in [0.29, 0.717) is 12.0 Å². The Bertz CT molecular complexity index is 401. The molecule has 6 heteroatoms. The lowest BCUT2D eigenvalue weighted by Crippen LogP contribution is -2.44. The van der Waals surface area contributed by atoms with Crippen molar-refractivity contribution < 1.29 is 10.0 Å². The van der Waals surface area contributed by atoms with Gasteiger partial charge < -0.3 is 16.3 Å². The highest BCUT2D eigenvalue weighted by molar-refractivity contribution is 7.08. The molecular weight excluding hydrogens is 226 g/mol. The average Bonchev–Trinajstić information content (AvgIpc) is 2.71. The highest BCUT2D eigenvalue weighted by Crippen LogP contribution is 2.13. The van der Waals surface area contributed by atoms with Crippen LogP contribution in [0.2, 0.25) is 0 Å². The molecule has 0 aliphatic carbocycles. The molecule has 1 aromatic heterocycles. The molecule has 5 nitrogen and oxygen atoms in total. The number of rotatable bonds is 4. The molecule has 0 radical (unpaired) electrons. The van der Waals surface area contributed by atoms with Crippen molar-refractivity contribution in [3.05, 3.63) is 21.9 Å². The van der Waals surface area contributed by atoms with Crippen molar-refractivity contribution in [3.8, 4) is 0 Å². The molecule has 88 valence electrons. The molecular formula is C10H15N3O2S. The third-order valence-electron chi connectivity index (χ3n) is 2.29. The largest absolute Gasteiger partial charge is 0.409 e. The van der Waals surface area contributed by atoms with Gasteiger partial charge in [-0.2, -0.15) is 11.3 Å². The van der Waals surface area contributed by atoms with Crippen LogP contribution in [0, 0.1) is 6.92 Å². The molecule has 0 spiro atoms.